The maximum absolute atomic E-state index is 8.63. The quantitative estimate of drug-likeness (QED) is 0.186. The molecule has 50 heavy (non-hydrogen) atoms. The molecule has 0 spiro atoms. The third kappa shape index (κ3) is 4.67. The van der Waals surface area contributed by atoms with Crippen LogP contribution in [-0.4, -0.2) is 19.5 Å². The highest BCUT2D eigenvalue weighted by atomic mass is 16.3. The highest BCUT2D eigenvalue weighted by Gasteiger charge is 2.17. The number of hydrogen-bond acceptors (Lipinski definition) is 4. The molecule has 0 N–H and O–H groups in total. The fourth-order valence-electron chi connectivity index (χ4n) is 6.56. The van der Waals surface area contributed by atoms with Crippen LogP contribution in [0.25, 0.3) is 94.7 Å². The Balaban J connectivity index is 1.14. The van der Waals surface area contributed by atoms with E-state index in [1.54, 1.807) is 12.1 Å². The number of furan rings is 1. The van der Waals surface area contributed by atoms with Crippen molar-refractivity contribution in [1.82, 2.24) is 19.5 Å². The van der Waals surface area contributed by atoms with Gasteiger partial charge in [-0.2, -0.15) is 0 Å². The second-order valence-electron chi connectivity index (χ2n) is 11.8. The van der Waals surface area contributed by atoms with Crippen molar-refractivity contribution >= 4 is 43.7 Å². The van der Waals surface area contributed by atoms with E-state index in [1.165, 1.54) is 0 Å². The van der Waals surface area contributed by atoms with E-state index in [0.29, 0.717) is 16.7 Å². The van der Waals surface area contributed by atoms with Gasteiger partial charge in [-0.15, -0.1) is 0 Å². The van der Waals surface area contributed by atoms with Crippen molar-refractivity contribution < 1.29 is 18.1 Å². The molecule has 0 radical (unpaired) electrons. The number of benzene rings is 7. The molecular formula is C45H28N4O. The summed E-state index contributed by atoms with van der Waals surface area (Å²) in [5.41, 5.74) is 6.01. The molecule has 0 fully saturated rings. The molecular weight excluding hydrogens is 613 g/mol. The zero-order valence-electron chi connectivity index (χ0n) is 36.1. The fraction of sp³-hybridized carbons (Fsp3) is 0. The van der Waals surface area contributed by atoms with Crippen LogP contribution in [0.2, 0.25) is 0 Å². The molecule has 5 heteroatoms. The second-order valence-corrected chi connectivity index (χ2v) is 11.8. The molecule has 234 valence electrons. The van der Waals surface area contributed by atoms with Gasteiger partial charge in [-0.3, -0.25) is 0 Å². The lowest BCUT2D eigenvalue weighted by molar-refractivity contribution is 0.668. The van der Waals surface area contributed by atoms with Crippen molar-refractivity contribution in [2.45, 2.75) is 0 Å². The highest BCUT2D eigenvalue weighted by molar-refractivity contribution is 6.11. The average molecular weight is 651 g/mol. The minimum atomic E-state index is -0.613. The van der Waals surface area contributed by atoms with Crippen molar-refractivity contribution in [2.75, 3.05) is 0 Å². The molecule has 10 aromatic rings. The molecule has 0 unspecified atom stereocenters. The molecule has 10 rings (SSSR count). The van der Waals surface area contributed by atoms with E-state index in [-0.39, 0.29) is 28.6 Å². The van der Waals surface area contributed by atoms with E-state index >= 15 is 0 Å². The van der Waals surface area contributed by atoms with Crippen LogP contribution >= 0.6 is 0 Å². The minimum Gasteiger partial charge on any atom is -0.456 e. The molecule has 0 saturated heterocycles. The molecule has 0 saturated carbocycles. The third-order valence-electron chi connectivity index (χ3n) is 8.84. The summed E-state index contributed by atoms with van der Waals surface area (Å²) in [6.45, 7) is 0. The number of nitrogens with zero attached hydrogens (tertiary/aromatic N) is 4. The van der Waals surface area contributed by atoms with Gasteiger partial charge in [-0.25, -0.2) is 15.0 Å². The van der Waals surface area contributed by atoms with E-state index in [9.17, 15) is 0 Å². The second kappa shape index (κ2) is 11.4. The van der Waals surface area contributed by atoms with Gasteiger partial charge in [0.15, 0.2) is 17.5 Å². The first-order valence-corrected chi connectivity index (χ1v) is 15.9. The summed E-state index contributed by atoms with van der Waals surface area (Å²) in [6, 6.07) is 30.4. The molecule has 0 bridgehead atoms. The van der Waals surface area contributed by atoms with Gasteiger partial charge in [0.05, 0.1) is 24.7 Å². The van der Waals surface area contributed by atoms with Gasteiger partial charge in [0, 0.05) is 50.0 Å². The van der Waals surface area contributed by atoms with E-state index in [2.05, 4.69) is 62.0 Å². The molecule has 3 aromatic heterocycles. The summed E-state index contributed by atoms with van der Waals surface area (Å²) in [7, 11) is 0. The molecule has 0 aliphatic rings. The summed E-state index contributed by atoms with van der Waals surface area (Å²) >= 11 is 0. The first-order valence-electron chi connectivity index (χ1n) is 20.9. The molecule has 5 nitrogen and oxygen atoms in total. The Bertz CT molecular complexity index is 3310. The van der Waals surface area contributed by atoms with Gasteiger partial charge in [-0.05, 0) is 53.6 Å². The molecule has 0 atom stereocenters. The maximum atomic E-state index is 8.63. The van der Waals surface area contributed by atoms with Crippen molar-refractivity contribution in [3.63, 3.8) is 0 Å². The Morgan fingerprint density at radius 1 is 0.420 bits per heavy atom. The summed E-state index contributed by atoms with van der Waals surface area (Å²) in [5.74, 6) is -0.720. The molecule has 3 heterocycles. The van der Waals surface area contributed by atoms with Crippen LogP contribution in [0.1, 0.15) is 13.7 Å². The minimum absolute atomic E-state index is 0.0446. The van der Waals surface area contributed by atoms with Crippen molar-refractivity contribution in [1.29, 1.82) is 0 Å². The van der Waals surface area contributed by atoms with Crippen LogP contribution < -0.4 is 0 Å². The summed E-state index contributed by atoms with van der Waals surface area (Å²) in [6.07, 6.45) is 0. The van der Waals surface area contributed by atoms with Gasteiger partial charge < -0.3 is 8.98 Å². The van der Waals surface area contributed by atoms with Gasteiger partial charge in [0.1, 0.15) is 11.2 Å². The number of aromatic nitrogens is 4. The van der Waals surface area contributed by atoms with Gasteiger partial charge in [0.2, 0.25) is 0 Å². The smallest absolute Gasteiger partial charge is 0.164 e. The van der Waals surface area contributed by atoms with Crippen LogP contribution in [0.15, 0.2) is 174 Å². The summed E-state index contributed by atoms with van der Waals surface area (Å²) in [4.78, 5) is 13.5. The van der Waals surface area contributed by atoms with Crippen LogP contribution in [0.5, 0.6) is 0 Å². The van der Waals surface area contributed by atoms with Crippen molar-refractivity contribution in [3.8, 4) is 51.0 Å². The highest BCUT2D eigenvalue weighted by Crippen LogP contribution is 2.38. The number of fused-ring (bicyclic) bond motifs is 6. The molecule has 0 aliphatic carbocycles. The Hall–Kier alpha value is -6.85. The first-order chi connectivity index (χ1) is 28.9. The molecule has 0 aliphatic heterocycles. The lowest BCUT2D eigenvalue weighted by atomic mass is 10.0. The zero-order valence-corrected chi connectivity index (χ0v) is 26.1. The standard InChI is InChI=1S/C45H28N4O/c1-4-12-29(13-5-1)32-21-25-40-38(26-32)35-18-10-11-19-39(35)49(40)34-22-24-37-36-23-20-33(27-41(36)50-42(37)28-34)45-47-43(30-14-6-2-7-15-30)46-44(48-45)31-16-8-3-9-17-31/h1-28H/i2D,3D,6D,7D,8D,9D,14D,15D,16D,17D. The Morgan fingerprint density at radius 3 is 1.72 bits per heavy atom. The summed E-state index contributed by atoms with van der Waals surface area (Å²) < 4.78 is 92.5. The van der Waals surface area contributed by atoms with Crippen molar-refractivity contribution in [3.05, 3.63) is 170 Å². The van der Waals surface area contributed by atoms with E-state index in [1.807, 2.05) is 54.6 Å². The van der Waals surface area contributed by atoms with Crippen LogP contribution in [0.4, 0.5) is 0 Å². The molecule has 7 aromatic carbocycles. The predicted octanol–water partition coefficient (Wildman–Crippen LogP) is 11.5. The zero-order chi connectivity index (χ0) is 41.7. The number of hydrogen-bond donors (Lipinski definition) is 0. The monoisotopic (exact) mass is 650 g/mol. The first kappa shape index (κ1) is 19.8. The van der Waals surface area contributed by atoms with E-state index < -0.39 is 60.4 Å². The third-order valence-corrected chi connectivity index (χ3v) is 8.84. The predicted molar refractivity (Wildman–Crippen MR) is 203 cm³/mol. The Kier molecular flexibility index (Phi) is 4.52. The Morgan fingerprint density at radius 2 is 1.00 bits per heavy atom. The topological polar surface area (TPSA) is 56.7 Å². The van der Waals surface area contributed by atoms with Crippen LogP contribution in [0, 0.1) is 0 Å². The van der Waals surface area contributed by atoms with Crippen LogP contribution in [0.3, 0.4) is 0 Å². The fourth-order valence-corrected chi connectivity index (χ4v) is 6.56. The van der Waals surface area contributed by atoms with Crippen molar-refractivity contribution in [2.24, 2.45) is 0 Å². The van der Waals surface area contributed by atoms with Gasteiger partial charge in [0.25, 0.3) is 0 Å². The normalized spacial score (nSPS) is 14.4. The number of rotatable bonds is 5. The maximum Gasteiger partial charge on any atom is 0.164 e. The van der Waals surface area contributed by atoms with Gasteiger partial charge >= 0.3 is 0 Å². The SMILES string of the molecule is [2H]c1c([2H])c([2H])c(-c2nc(-c3ccc4c(c3)oc3cc(-n5c6ccccc6c6cc(-c7ccccc7)ccc65)ccc34)nc(-c3c([2H])c([2H])c([2H])c([2H])c3[2H])n2)c([2H])c1[2H]. The lowest BCUT2D eigenvalue weighted by Gasteiger charge is -2.08. The van der Waals surface area contributed by atoms with Gasteiger partial charge in [-0.1, -0.05) is 121 Å². The van der Waals surface area contributed by atoms with E-state index in [4.69, 9.17) is 18.1 Å². The average Bonchev–Trinajstić information content (AvgIpc) is 3.81. The lowest BCUT2D eigenvalue weighted by Crippen LogP contribution is -2.00. The Labute approximate surface area is 301 Å². The summed E-state index contributed by atoms with van der Waals surface area (Å²) in [5, 5.41) is 3.87. The van der Waals surface area contributed by atoms with E-state index in [0.717, 1.165) is 49.4 Å². The van der Waals surface area contributed by atoms with Crippen LogP contribution in [-0.2, 0) is 0 Å². The molecule has 0 amide bonds. The number of para-hydroxylation sites is 1. The largest absolute Gasteiger partial charge is 0.456 e.